The number of aromatic nitrogens is 2. The molecule has 1 atom stereocenters. The highest BCUT2D eigenvalue weighted by Crippen LogP contribution is 2.34. The molecule has 162 valence electrons. The van der Waals surface area contributed by atoms with Crippen LogP contribution in [0.15, 0.2) is 36.4 Å². The highest BCUT2D eigenvalue weighted by molar-refractivity contribution is 5.92. The monoisotopic (exact) mass is 426 g/mol. The van der Waals surface area contributed by atoms with Crippen LogP contribution in [0.5, 0.6) is 11.5 Å². The number of carbonyl (C=O) groups excluding carboxylic acids is 1. The number of piperazine rings is 1. The molecule has 1 aliphatic heterocycles. The molecule has 2 aromatic carbocycles. The number of hydrogen-bond acceptors (Lipinski definition) is 8. The largest absolute Gasteiger partial charge is 0.493 e. The first-order valence-electron chi connectivity index (χ1n) is 9.67. The Hall–Kier alpha value is -3.82. The number of benzene rings is 2. The molecule has 1 fully saturated rings. The molecule has 0 aliphatic carbocycles. The second kappa shape index (κ2) is 8.13. The van der Waals surface area contributed by atoms with Crippen LogP contribution in [0.4, 0.5) is 21.8 Å². The third kappa shape index (κ3) is 3.72. The highest BCUT2D eigenvalue weighted by atomic mass is 19.1. The maximum Gasteiger partial charge on any atom is 0.242 e. The number of methoxy groups -OCH3 is 2. The molecule has 4 rings (SSSR count). The lowest BCUT2D eigenvalue weighted by Crippen LogP contribution is -2.59. The van der Waals surface area contributed by atoms with Crippen LogP contribution in [-0.4, -0.2) is 55.8 Å². The molecule has 2 heterocycles. The lowest BCUT2D eigenvalue weighted by molar-refractivity contribution is -0.119. The minimum atomic E-state index is -0.759. The first-order chi connectivity index (χ1) is 14.9. The van der Waals surface area contributed by atoms with Crippen molar-refractivity contribution in [1.29, 1.82) is 0 Å². The smallest absolute Gasteiger partial charge is 0.242 e. The van der Waals surface area contributed by atoms with Gasteiger partial charge in [0.25, 0.3) is 0 Å². The molecule has 3 aromatic rings. The molecule has 10 heteroatoms. The molecular weight excluding hydrogens is 403 g/mol. The molecule has 1 aliphatic rings. The van der Waals surface area contributed by atoms with E-state index in [1.54, 1.807) is 40.1 Å². The molecule has 9 nitrogen and oxygen atoms in total. The van der Waals surface area contributed by atoms with Crippen molar-refractivity contribution in [2.24, 2.45) is 5.73 Å². The number of nitrogen functional groups attached to an aromatic ring is 1. The average Bonchev–Trinajstić information content (AvgIpc) is 2.78. The van der Waals surface area contributed by atoms with Crippen molar-refractivity contribution < 1.29 is 18.7 Å². The lowest BCUT2D eigenvalue weighted by Gasteiger charge is -2.41. The van der Waals surface area contributed by atoms with Crippen LogP contribution >= 0.6 is 0 Å². The molecule has 1 amide bonds. The Bertz CT molecular complexity index is 1140. The molecule has 0 radical (unpaired) electrons. The molecular formula is C21H23FN6O3. The Kier molecular flexibility index (Phi) is 5.37. The third-order valence-corrected chi connectivity index (χ3v) is 5.38. The summed E-state index contributed by atoms with van der Waals surface area (Å²) in [6, 6.07) is 9.07. The number of ether oxygens (including phenoxy) is 2. The number of nitrogens with zero attached hydrogens (tertiary/aromatic N) is 4. The van der Waals surface area contributed by atoms with Gasteiger partial charge in [-0.25, -0.2) is 9.37 Å². The van der Waals surface area contributed by atoms with Crippen molar-refractivity contribution >= 4 is 34.3 Å². The van der Waals surface area contributed by atoms with Crippen LogP contribution in [0.1, 0.15) is 0 Å². The number of anilines is 3. The molecule has 0 saturated carbocycles. The van der Waals surface area contributed by atoms with Gasteiger partial charge in [-0.2, -0.15) is 4.98 Å². The fourth-order valence-corrected chi connectivity index (χ4v) is 3.79. The van der Waals surface area contributed by atoms with Gasteiger partial charge in [0, 0.05) is 31.1 Å². The van der Waals surface area contributed by atoms with E-state index in [0.717, 1.165) is 0 Å². The summed E-state index contributed by atoms with van der Waals surface area (Å²) in [5, 5.41) is 0.599. The highest BCUT2D eigenvalue weighted by Gasteiger charge is 2.34. The van der Waals surface area contributed by atoms with E-state index in [1.807, 2.05) is 0 Å². The summed E-state index contributed by atoms with van der Waals surface area (Å²) in [6.45, 7) is 1.02. The van der Waals surface area contributed by atoms with Crippen molar-refractivity contribution in [2.45, 2.75) is 6.04 Å². The van der Waals surface area contributed by atoms with E-state index >= 15 is 0 Å². The number of carbonyl (C=O) groups is 1. The standard InChI is InChI=1S/C21H23FN6O3/c1-30-17-9-12-14(10-18(17)31-2)25-21(26-19(12)23)28-8-7-27(11-16(28)20(24)29)15-6-4-3-5-13(15)22/h3-6,9-10,16H,7-8,11H2,1-2H3,(H2,24,29)(H2,23,25,26). The predicted molar refractivity (Wildman–Crippen MR) is 116 cm³/mol. The van der Waals surface area contributed by atoms with Crippen LogP contribution in [0.3, 0.4) is 0 Å². The maximum atomic E-state index is 14.2. The molecule has 4 N–H and O–H groups in total. The van der Waals surface area contributed by atoms with E-state index in [4.69, 9.17) is 20.9 Å². The van der Waals surface area contributed by atoms with Gasteiger partial charge >= 0.3 is 0 Å². The summed E-state index contributed by atoms with van der Waals surface area (Å²) < 4.78 is 24.9. The quantitative estimate of drug-likeness (QED) is 0.631. The number of amides is 1. The summed E-state index contributed by atoms with van der Waals surface area (Å²) in [4.78, 5) is 24.8. The number of fused-ring (bicyclic) bond motifs is 1. The fourth-order valence-electron chi connectivity index (χ4n) is 3.79. The van der Waals surface area contributed by atoms with Gasteiger partial charge in [-0.05, 0) is 18.2 Å². The van der Waals surface area contributed by atoms with Crippen LogP contribution in [0, 0.1) is 5.82 Å². The zero-order chi connectivity index (χ0) is 22.1. The number of rotatable bonds is 5. The van der Waals surface area contributed by atoms with Crippen molar-refractivity contribution in [3.05, 3.63) is 42.2 Å². The molecule has 1 saturated heterocycles. The fraction of sp³-hybridized carbons (Fsp3) is 0.286. The Balaban J connectivity index is 1.71. The Morgan fingerprint density at radius 1 is 1.13 bits per heavy atom. The van der Waals surface area contributed by atoms with Crippen molar-refractivity contribution in [3.63, 3.8) is 0 Å². The minimum absolute atomic E-state index is 0.198. The maximum absolute atomic E-state index is 14.2. The van der Waals surface area contributed by atoms with Crippen LogP contribution in [-0.2, 0) is 4.79 Å². The molecule has 0 spiro atoms. The van der Waals surface area contributed by atoms with Gasteiger partial charge in [-0.3, -0.25) is 4.79 Å². The van der Waals surface area contributed by atoms with Gasteiger partial charge in [-0.15, -0.1) is 0 Å². The van der Waals surface area contributed by atoms with Crippen LogP contribution in [0.2, 0.25) is 0 Å². The summed E-state index contributed by atoms with van der Waals surface area (Å²) >= 11 is 0. The van der Waals surface area contributed by atoms with E-state index in [2.05, 4.69) is 9.97 Å². The van der Waals surface area contributed by atoms with E-state index in [0.29, 0.717) is 41.2 Å². The number of primary amides is 1. The lowest BCUT2D eigenvalue weighted by atomic mass is 10.1. The number of halogens is 1. The normalized spacial score (nSPS) is 16.4. The van der Waals surface area contributed by atoms with Gasteiger partial charge in [0.05, 0.1) is 25.4 Å². The second-order valence-corrected chi connectivity index (χ2v) is 7.14. The number of para-hydroxylation sites is 1. The van der Waals surface area contributed by atoms with E-state index in [9.17, 15) is 9.18 Å². The zero-order valence-electron chi connectivity index (χ0n) is 17.2. The van der Waals surface area contributed by atoms with Gasteiger partial charge < -0.3 is 30.7 Å². The Morgan fingerprint density at radius 3 is 2.52 bits per heavy atom. The minimum Gasteiger partial charge on any atom is -0.493 e. The van der Waals surface area contributed by atoms with Crippen LogP contribution in [0.25, 0.3) is 10.9 Å². The Morgan fingerprint density at radius 2 is 1.84 bits per heavy atom. The van der Waals surface area contributed by atoms with Crippen molar-refractivity contribution in [3.8, 4) is 11.5 Å². The summed E-state index contributed by atoms with van der Waals surface area (Å²) in [5.41, 5.74) is 12.8. The number of hydrogen-bond donors (Lipinski definition) is 2. The molecule has 0 bridgehead atoms. The van der Waals surface area contributed by atoms with Gasteiger partial charge in [0.1, 0.15) is 17.7 Å². The SMILES string of the molecule is COc1cc2nc(N3CCN(c4ccccc4F)CC3C(N)=O)nc(N)c2cc1OC. The van der Waals surface area contributed by atoms with Gasteiger partial charge in [-0.1, -0.05) is 12.1 Å². The first kappa shape index (κ1) is 20.5. The Labute approximate surface area is 178 Å². The predicted octanol–water partition coefficient (Wildman–Crippen LogP) is 1.55. The van der Waals surface area contributed by atoms with Crippen LogP contribution < -0.4 is 30.7 Å². The zero-order valence-corrected chi connectivity index (χ0v) is 17.2. The van der Waals surface area contributed by atoms with Crippen molar-refractivity contribution in [2.75, 3.05) is 49.4 Å². The molecule has 1 unspecified atom stereocenters. The molecule has 1 aromatic heterocycles. The van der Waals surface area contributed by atoms with Gasteiger partial charge in [0.15, 0.2) is 11.5 Å². The summed E-state index contributed by atoms with van der Waals surface area (Å²) in [7, 11) is 3.06. The second-order valence-electron chi connectivity index (χ2n) is 7.14. The van der Waals surface area contributed by atoms with E-state index in [-0.39, 0.29) is 24.1 Å². The topological polar surface area (TPSA) is 120 Å². The van der Waals surface area contributed by atoms with E-state index in [1.165, 1.54) is 20.3 Å². The van der Waals surface area contributed by atoms with E-state index < -0.39 is 11.9 Å². The van der Waals surface area contributed by atoms with Crippen molar-refractivity contribution in [1.82, 2.24) is 9.97 Å². The summed E-state index contributed by atoms with van der Waals surface area (Å²) in [6.07, 6.45) is 0. The third-order valence-electron chi connectivity index (χ3n) is 5.38. The molecule has 31 heavy (non-hydrogen) atoms. The number of nitrogens with two attached hydrogens (primary N) is 2. The summed E-state index contributed by atoms with van der Waals surface area (Å²) in [5.74, 6) is 0.596. The van der Waals surface area contributed by atoms with Gasteiger partial charge in [0.2, 0.25) is 11.9 Å². The first-order valence-corrected chi connectivity index (χ1v) is 9.67. The average molecular weight is 426 g/mol.